The van der Waals surface area contributed by atoms with Crippen LogP contribution in [-0.4, -0.2) is 13.2 Å². The molecule has 1 aromatic heterocycles. The van der Waals surface area contributed by atoms with Gasteiger partial charge in [-0.1, -0.05) is 6.07 Å². The normalized spacial score (nSPS) is 13.5. The Balaban J connectivity index is 1.58. The predicted octanol–water partition coefficient (Wildman–Crippen LogP) is 4.33. The second kappa shape index (κ2) is 6.47. The van der Waals surface area contributed by atoms with Crippen molar-refractivity contribution in [2.45, 2.75) is 13.1 Å². The molecule has 2 heterocycles. The molecule has 0 unspecified atom stereocenters. The van der Waals surface area contributed by atoms with Crippen molar-refractivity contribution >= 4 is 43.2 Å². The number of benzene rings is 1. The minimum Gasteiger partial charge on any atom is -0.486 e. The fraction of sp³-hybridized carbons (Fsp3) is 0.286. The van der Waals surface area contributed by atoms with Crippen LogP contribution in [0.25, 0.3) is 0 Å². The number of thiophene rings is 1. The number of halogens is 2. The van der Waals surface area contributed by atoms with E-state index in [1.165, 1.54) is 10.4 Å². The first-order chi connectivity index (χ1) is 9.72. The first-order valence-electron chi connectivity index (χ1n) is 6.25. The molecule has 1 N–H and O–H groups in total. The van der Waals surface area contributed by atoms with E-state index in [9.17, 15) is 0 Å². The number of hydrogen-bond donors (Lipinski definition) is 1. The van der Waals surface area contributed by atoms with Crippen LogP contribution in [0.1, 0.15) is 10.4 Å². The van der Waals surface area contributed by atoms with Crippen molar-refractivity contribution in [2.75, 3.05) is 13.2 Å². The molecule has 1 aliphatic rings. The van der Waals surface area contributed by atoms with E-state index in [0.29, 0.717) is 13.2 Å². The van der Waals surface area contributed by atoms with Gasteiger partial charge in [0.1, 0.15) is 13.2 Å². The van der Waals surface area contributed by atoms with Gasteiger partial charge in [-0.15, -0.1) is 11.3 Å². The van der Waals surface area contributed by atoms with E-state index in [2.05, 4.69) is 49.3 Å². The quantitative estimate of drug-likeness (QED) is 0.801. The van der Waals surface area contributed by atoms with E-state index < -0.39 is 0 Å². The molecule has 1 aromatic carbocycles. The molecular weight excluding hydrogens is 406 g/mol. The van der Waals surface area contributed by atoms with Crippen LogP contribution in [0, 0.1) is 0 Å². The fourth-order valence-electron chi connectivity index (χ4n) is 2.01. The van der Waals surface area contributed by atoms with Crippen molar-refractivity contribution in [1.82, 2.24) is 5.32 Å². The highest BCUT2D eigenvalue weighted by Crippen LogP contribution is 2.33. The van der Waals surface area contributed by atoms with Crippen LogP contribution >= 0.6 is 43.2 Å². The fourth-order valence-corrected chi connectivity index (χ4v) is 4.15. The van der Waals surface area contributed by atoms with Gasteiger partial charge in [0.05, 0.1) is 3.79 Å². The Kier molecular flexibility index (Phi) is 4.65. The van der Waals surface area contributed by atoms with Crippen molar-refractivity contribution in [2.24, 2.45) is 0 Å². The standard InChI is InChI=1S/C14H13Br2NO2S/c15-11-6-10(20-14(11)16)8-17-7-9-1-2-12-13(5-9)19-4-3-18-12/h1-2,5-6,17H,3-4,7-8H2. The first-order valence-corrected chi connectivity index (χ1v) is 8.65. The SMILES string of the molecule is Brc1cc(CNCc2ccc3c(c2)OCCO3)sc1Br. The Bertz CT molecular complexity index is 596. The number of hydrogen-bond acceptors (Lipinski definition) is 4. The summed E-state index contributed by atoms with van der Waals surface area (Å²) in [6, 6.07) is 8.22. The molecule has 0 fully saturated rings. The second-order valence-corrected chi connectivity index (χ2v) is 7.72. The molecule has 0 aliphatic carbocycles. The van der Waals surface area contributed by atoms with Gasteiger partial charge >= 0.3 is 0 Å². The minimum atomic E-state index is 0.626. The van der Waals surface area contributed by atoms with Gasteiger partial charge in [0.2, 0.25) is 0 Å². The lowest BCUT2D eigenvalue weighted by atomic mass is 10.2. The predicted molar refractivity (Wildman–Crippen MR) is 87.7 cm³/mol. The molecule has 106 valence electrons. The Labute approximate surface area is 138 Å². The zero-order valence-electron chi connectivity index (χ0n) is 10.6. The molecule has 0 bridgehead atoms. The summed E-state index contributed by atoms with van der Waals surface area (Å²) in [5, 5.41) is 3.44. The third kappa shape index (κ3) is 3.36. The van der Waals surface area contributed by atoms with E-state index >= 15 is 0 Å². The number of fused-ring (bicyclic) bond motifs is 1. The summed E-state index contributed by atoms with van der Waals surface area (Å²) in [4.78, 5) is 1.29. The van der Waals surface area contributed by atoms with Crippen molar-refractivity contribution in [1.29, 1.82) is 0 Å². The third-order valence-corrected chi connectivity index (χ3v) is 6.19. The third-order valence-electron chi connectivity index (χ3n) is 2.93. The maximum Gasteiger partial charge on any atom is 0.161 e. The Morgan fingerprint density at radius 3 is 2.60 bits per heavy atom. The molecule has 3 rings (SSSR count). The minimum absolute atomic E-state index is 0.626. The highest BCUT2D eigenvalue weighted by atomic mass is 79.9. The summed E-state index contributed by atoms with van der Waals surface area (Å²) >= 11 is 8.74. The lowest BCUT2D eigenvalue weighted by molar-refractivity contribution is 0.171. The highest BCUT2D eigenvalue weighted by Gasteiger charge is 2.11. The smallest absolute Gasteiger partial charge is 0.161 e. The second-order valence-electron chi connectivity index (χ2n) is 4.42. The molecule has 1 aliphatic heterocycles. The van der Waals surface area contributed by atoms with Crippen LogP contribution in [0.4, 0.5) is 0 Å². The zero-order valence-corrected chi connectivity index (χ0v) is 14.6. The van der Waals surface area contributed by atoms with Gasteiger partial charge in [-0.3, -0.25) is 0 Å². The van der Waals surface area contributed by atoms with Crippen molar-refractivity contribution < 1.29 is 9.47 Å². The van der Waals surface area contributed by atoms with Crippen molar-refractivity contribution in [3.8, 4) is 11.5 Å². The van der Waals surface area contributed by atoms with Gasteiger partial charge < -0.3 is 14.8 Å². The van der Waals surface area contributed by atoms with Gasteiger partial charge in [0, 0.05) is 22.4 Å². The zero-order chi connectivity index (χ0) is 13.9. The summed E-state index contributed by atoms with van der Waals surface area (Å²) in [7, 11) is 0. The van der Waals surface area contributed by atoms with E-state index in [0.717, 1.165) is 32.8 Å². The molecule has 3 nitrogen and oxygen atoms in total. The van der Waals surface area contributed by atoms with Crippen molar-refractivity contribution in [3.63, 3.8) is 0 Å². The van der Waals surface area contributed by atoms with E-state index in [1.807, 2.05) is 12.1 Å². The number of ether oxygens (including phenoxy) is 2. The summed E-state index contributed by atoms with van der Waals surface area (Å²) < 4.78 is 13.3. The Morgan fingerprint density at radius 2 is 1.85 bits per heavy atom. The van der Waals surface area contributed by atoms with Crippen LogP contribution < -0.4 is 14.8 Å². The molecular formula is C14H13Br2NO2S. The molecule has 0 spiro atoms. The molecule has 6 heteroatoms. The molecule has 0 radical (unpaired) electrons. The average molecular weight is 419 g/mol. The molecule has 2 aromatic rings. The maximum atomic E-state index is 5.58. The summed E-state index contributed by atoms with van der Waals surface area (Å²) in [5.74, 6) is 1.68. The van der Waals surface area contributed by atoms with Gasteiger partial charge in [-0.25, -0.2) is 0 Å². The van der Waals surface area contributed by atoms with Crippen LogP contribution in [0.15, 0.2) is 32.5 Å². The van der Waals surface area contributed by atoms with Gasteiger partial charge in [-0.05, 0) is 55.6 Å². The average Bonchev–Trinajstić information content (AvgIpc) is 2.77. The first kappa shape index (κ1) is 14.4. The molecule has 20 heavy (non-hydrogen) atoms. The largest absolute Gasteiger partial charge is 0.486 e. The molecule has 0 saturated carbocycles. The number of rotatable bonds is 4. The summed E-state index contributed by atoms with van der Waals surface area (Å²) in [6.45, 7) is 2.92. The number of nitrogens with one attached hydrogen (secondary N) is 1. The van der Waals surface area contributed by atoms with Crippen LogP contribution in [0.3, 0.4) is 0 Å². The molecule has 0 atom stereocenters. The van der Waals surface area contributed by atoms with E-state index in [-0.39, 0.29) is 0 Å². The van der Waals surface area contributed by atoms with Gasteiger partial charge in [0.15, 0.2) is 11.5 Å². The van der Waals surface area contributed by atoms with Crippen molar-refractivity contribution in [3.05, 3.63) is 43.0 Å². The summed E-state index contributed by atoms with van der Waals surface area (Å²) in [5.41, 5.74) is 1.20. The molecule has 0 saturated heterocycles. The van der Waals surface area contributed by atoms with Gasteiger partial charge in [-0.2, -0.15) is 0 Å². The van der Waals surface area contributed by atoms with Crippen LogP contribution in [0.2, 0.25) is 0 Å². The maximum absolute atomic E-state index is 5.58. The lowest BCUT2D eigenvalue weighted by Gasteiger charge is -2.18. The van der Waals surface area contributed by atoms with Gasteiger partial charge in [0.25, 0.3) is 0 Å². The Morgan fingerprint density at radius 1 is 1.05 bits per heavy atom. The molecule has 0 amide bonds. The lowest BCUT2D eigenvalue weighted by Crippen LogP contribution is -2.16. The monoisotopic (exact) mass is 417 g/mol. The van der Waals surface area contributed by atoms with E-state index in [1.54, 1.807) is 11.3 Å². The van der Waals surface area contributed by atoms with E-state index in [4.69, 9.17) is 9.47 Å². The topological polar surface area (TPSA) is 30.5 Å². The van der Waals surface area contributed by atoms with Crippen LogP contribution in [-0.2, 0) is 13.1 Å². The summed E-state index contributed by atoms with van der Waals surface area (Å²) in [6.07, 6.45) is 0. The highest BCUT2D eigenvalue weighted by molar-refractivity contribution is 9.13. The Hall–Kier alpha value is -0.560. The van der Waals surface area contributed by atoms with Crippen LogP contribution in [0.5, 0.6) is 11.5 Å².